The maximum Gasteiger partial charge on any atom is 0.343 e. The number of benzene rings is 3. The van der Waals surface area contributed by atoms with E-state index < -0.39 is 35.9 Å². The highest BCUT2D eigenvalue weighted by Crippen LogP contribution is 2.46. The molecule has 0 aromatic heterocycles. The van der Waals surface area contributed by atoms with E-state index in [-0.39, 0.29) is 35.5 Å². The maximum atomic E-state index is 14.8. The van der Waals surface area contributed by atoms with Gasteiger partial charge in [0.15, 0.2) is 17.9 Å². The molecular formula is C33H33FO8. The number of aliphatic hydroxyl groups excluding tert-OH is 1. The van der Waals surface area contributed by atoms with E-state index in [9.17, 15) is 29.0 Å². The van der Waals surface area contributed by atoms with Gasteiger partial charge in [0.1, 0.15) is 11.9 Å². The molecule has 2 aliphatic carbocycles. The van der Waals surface area contributed by atoms with Crippen LogP contribution in [0.1, 0.15) is 91.6 Å². The number of carbonyl (C=O) groups is 3. The smallest absolute Gasteiger partial charge is 0.343 e. The number of aliphatic hydroxyl groups is 2. The van der Waals surface area contributed by atoms with Crippen LogP contribution < -0.4 is 9.47 Å². The van der Waals surface area contributed by atoms with Crippen LogP contribution in [0, 0.1) is 11.7 Å². The third-order valence-electron chi connectivity index (χ3n) is 7.93. The van der Waals surface area contributed by atoms with Gasteiger partial charge in [0, 0.05) is 11.5 Å². The summed E-state index contributed by atoms with van der Waals surface area (Å²) in [5.74, 6) is -3.98. The van der Waals surface area contributed by atoms with Crippen LogP contribution in [0.3, 0.4) is 0 Å². The summed E-state index contributed by atoms with van der Waals surface area (Å²) in [5.41, 5.74) is 4.07. The van der Waals surface area contributed by atoms with E-state index in [1.807, 2.05) is 19.1 Å². The van der Waals surface area contributed by atoms with Crippen LogP contribution in [-0.2, 0) is 14.3 Å². The van der Waals surface area contributed by atoms with Crippen LogP contribution in [0.5, 0.6) is 11.5 Å². The Morgan fingerprint density at radius 3 is 2.29 bits per heavy atom. The molecule has 9 heteroatoms. The largest absolute Gasteiger partial charge is 0.462 e. The van der Waals surface area contributed by atoms with Crippen molar-refractivity contribution in [3.63, 3.8) is 0 Å². The maximum absolute atomic E-state index is 14.8. The SMILES string of the molecule is CC(CC(=O)OC1CCCCC1)C(=O)Oc1ccc(C(=O)Oc2ccc3c(c2)C(C)c2cc(C(O)O)ccc2-3)cc1F. The molecule has 2 unspecified atom stereocenters. The van der Waals surface area contributed by atoms with Gasteiger partial charge < -0.3 is 24.4 Å². The molecule has 0 saturated heterocycles. The molecular weight excluding hydrogens is 543 g/mol. The number of hydrogen-bond acceptors (Lipinski definition) is 8. The van der Waals surface area contributed by atoms with E-state index in [1.165, 1.54) is 19.1 Å². The van der Waals surface area contributed by atoms with Gasteiger partial charge in [0.05, 0.1) is 17.9 Å². The lowest BCUT2D eigenvalue weighted by molar-refractivity contribution is -0.155. The van der Waals surface area contributed by atoms with Crippen LogP contribution >= 0.6 is 0 Å². The molecule has 0 radical (unpaired) electrons. The second-order valence-corrected chi connectivity index (χ2v) is 11.0. The molecule has 2 aliphatic rings. The van der Waals surface area contributed by atoms with Crippen LogP contribution in [0.15, 0.2) is 54.6 Å². The first-order valence-electron chi connectivity index (χ1n) is 14.2. The normalized spacial score (nSPS) is 16.9. The van der Waals surface area contributed by atoms with Crippen LogP contribution in [0.2, 0.25) is 0 Å². The first-order chi connectivity index (χ1) is 20.1. The van der Waals surface area contributed by atoms with Crippen molar-refractivity contribution in [1.82, 2.24) is 0 Å². The lowest BCUT2D eigenvalue weighted by atomic mass is 9.97. The number of hydrogen-bond donors (Lipinski definition) is 2. The van der Waals surface area contributed by atoms with E-state index in [0.717, 1.165) is 60.4 Å². The number of esters is 3. The first kappa shape index (κ1) is 29.4. The average molecular weight is 577 g/mol. The van der Waals surface area contributed by atoms with Crippen molar-refractivity contribution in [3.05, 3.63) is 82.7 Å². The van der Waals surface area contributed by atoms with Gasteiger partial charge in [0.2, 0.25) is 0 Å². The Kier molecular flexibility index (Phi) is 8.70. The average Bonchev–Trinajstić information content (AvgIpc) is 3.24. The highest BCUT2D eigenvalue weighted by molar-refractivity contribution is 5.92. The second-order valence-electron chi connectivity index (χ2n) is 11.0. The fourth-order valence-corrected chi connectivity index (χ4v) is 5.56. The molecule has 3 aromatic rings. The summed E-state index contributed by atoms with van der Waals surface area (Å²) in [5, 5.41) is 19.1. The van der Waals surface area contributed by atoms with E-state index in [4.69, 9.17) is 14.2 Å². The molecule has 5 rings (SSSR count). The molecule has 1 fully saturated rings. The van der Waals surface area contributed by atoms with Crippen LogP contribution in [-0.4, -0.2) is 34.2 Å². The summed E-state index contributed by atoms with van der Waals surface area (Å²) in [4.78, 5) is 37.5. The number of halogens is 1. The van der Waals surface area contributed by atoms with Gasteiger partial charge in [-0.05, 0) is 84.3 Å². The van der Waals surface area contributed by atoms with E-state index in [0.29, 0.717) is 5.56 Å². The van der Waals surface area contributed by atoms with Crippen LogP contribution in [0.4, 0.5) is 4.39 Å². The van der Waals surface area contributed by atoms with Crippen molar-refractivity contribution in [2.45, 2.75) is 70.7 Å². The van der Waals surface area contributed by atoms with Crippen molar-refractivity contribution in [1.29, 1.82) is 0 Å². The minimum atomic E-state index is -1.57. The van der Waals surface area contributed by atoms with Crippen molar-refractivity contribution >= 4 is 17.9 Å². The summed E-state index contributed by atoms with van der Waals surface area (Å²) < 4.78 is 30.9. The molecule has 2 atom stereocenters. The molecule has 0 heterocycles. The molecule has 0 amide bonds. The van der Waals surface area contributed by atoms with E-state index >= 15 is 0 Å². The molecule has 8 nitrogen and oxygen atoms in total. The summed E-state index contributed by atoms with van der Waals surface area (Å²) in [6, 6.07) is 13.8. The van der Waals surface area contributed by atoms with Crippen LogP contribution in [0.25, 0.3) is 11.1 Å². The zero-order chi connectivity index (χ0) is 30.0. The molecule has 1 saturated carbocycles. The van der Waals surface area contributed by atoms with Gasteiger partial charge in [-0.15, -0.1) is 0 Å². The number of ether oxygens (including phenoxy) is 3. The van der Waals surface area contributed by atoms with Crippen molar-refractivity contribution < 1.29 is 43.2 Å². The Morgan fingerprint density at radius 1 is 0.905 bits per heavy atom. The molecule has 0 aliphatic heterocycles. The summed E-state index contributed by atoms with van der Waals surface area (Å²) in [6.45, 7) is 3.48. The topological polar surface area (TPSA) is 119 Å². The Labute approximate surface area is 243 Å². The van der Waals surface area contributed by atoms with Crippen molar-refractivity contribution in [2.24, 2.45) is 5.92 Å². The molecule has 0 bridgehead atoms. The monoisotopic (exact) mass is 576 g/mol. The zero-order valence-electron chi connectivity index (χ0n) is 23.5. The lowest BCUT2D eigenvalue weighted by Crippen LogP contribution is -2.26. The zero-order valence-corrected chi connectivity index (χ0v) is 23.5. The third kappa shape index (κ3) is 6.37. The number of fused-ring (bicyclic) bond motifs is 3. The summed E-state index contributed by atoms with van der Waals surface area (Å²) in [7, 11) is 0. The molecule has 3 aromatic carbocycles. The quantitative estimate of drug-likeness (QED) is 0.191. The van der Waals surface area contributed by atoms with E-state index in [1.54, 1.807) is 24.3 Å². The summed E-state index contributed by atoms with van der Waals surface area (Å²) in [6.07, 6.45) is 2.93. The Bertz CT molecular complexity index is 1510. The van der Waals surface area contributed by atoms with Gasteiger partial charge in [-0.25, -0.2) is 9.18 Å². The lowest BCUT2D eigenvalue weighted by Gasteiger charge is -2.22. The molecule has 0 spiro atoms. The fraction of sp³-hybridized carbons (Fsp3) is 0.364. The number of carbonyl (C=O) groups excluding carboxylic acids is 3. The highest BCUT2D eigenvalue weighted by atomic mass is 19.1. The Morgan fingerprint density at radius 2 is 1.60 bits per heavy atom. The van der Waals surface area contributed by atoms with Gasteiger partial charge in [-0.3, -0.25) is 9.59 Å². The first-order valence-corrected chi connectivity index (χ1v) is 14.2. The predicted molar refractivity (Wildman–Crippen MR) is 150 cm³/mol. The Balaban J connectivity index is 1.19. The van der Waals surface area contributed by atoms with Crippen molar-refractivity contribution in [3.8, 4) is 22.6 Å². The number of rotatable bonds is 8. The van der Waals surface area contributed by atoms with Gasteiger partial charge in [0.25, 0.3) is 0 Å². The standard InChI is InChI=1S/C33H33FO8/c1-18(14-30(35)40-22-6-4-3-5-7-22)32(38)42-29-13-9-21(16-28(29)34)33(39)41-23-10-12-25-24-11-8-20(31(36)37)15-26(24)19(2)27(25)17-23/h8-13,15-19,22,31,36-37H,3-7,14H2,1-2H3. The third-order valence-corrected chi connectivity index (χ3v) is 7.93. The fourth-order valence-electron chi connectivity index (χ4n) is 5.56. The summed E-state index contributed by atoms with van der Waals surface area (Å²) >= 11 is 0. The van der Waals surface area contributed by atoms with Gasteiger partial charge in [-0.2, -0.15) is 0 Å². The van der Waals surface area contributed by atoms with Gasteiger partial charge in [-0.1, -0.05) is 38.5 Å². The molecule has 2 N–H and O–H groups in total. The van der Waals surface area contributed by atoms with Gasteiger partial charge >= 0.3 is 17.9 Å². The second kappa shape index (κ2) is 12.4. The Hall–Kier alpha value is -4.08. The van der Waals surface area contributed by atoms with E-state index in [2.05, 4.69) is 0 Å². The van der Waals surface area contributed by atoms with Crippen molar-refractivity contribution in [2.75, 3.05) is 0 Å². The molecule has 42 heavy (non-hydrogen) atoms. The minimum Gasteiger partial charge on any atom is -0.462 e. The molecule has 220 valence electrons. The minimum absolute atomic E-state index is 0.0738. The highest BCUT2D eigenvalue weighted by Gasteiger charge is 2.28. The predicted octanol–water partition coefficient (Wildman–Crippen LogP) is 5.97.